The molecule has 0 aliphatic rings. The predicted octanol–water partition coefficient (Wildman–Crippen LogP) is 3.63. The molecule has 0 saturated heterocycles. The minimum atomic E-state index is -0.665. The number of carbonyl (C=O) groups is 1. The van der Waals surface area contributed by atoms with Gasteiger partial charge in [0.2, 0.25) is 0 Å². The lowest BCUT2D eigenvalue weighted by atomic mass is 10.1. The van der Waals surface area contributed by atoms with Gasteiger partial charge in [-0.05, 0) is 30.7 Å². The number of pyridine rings is 1. The number of rotatable bonds is 4. The molecule has 1 N–H and O–H groups in total. The molecule has 0 spiro atoms. The van der Waals surface area contributed by atoms with E-state index in [1.807, 2.05) is 0 Å². The molecule has 1 aromatic carbocycles. The molecule has 0 radical (unpaired) electrons. The van der Waals surface area contributed by atoms with Gasteiger partial charge in [0.1, 0.15) is 11.6 Å². The van der Waals surface area contributed by atoms with Gasteiger partial charge in [-0.3, -0.25) is 4.79 Å². The van der Waals surface area contributed by atoms with Crippen molar-refractivity contribution in [3.05, 3.63) is 64.7 Å². The Kier molecular flexibility index (Phi) is 4.67. The molecule has 128 valence electrons. The van der Waals surface area contributed by atoms with Crippen LogP contribution in [-0.2, 0) is 0 Å². The SMILES string of the molecule is COc1cc(C)c(C(=O)Nc2ccn(-c3ncccc3Cl)n2)c(F)c1. The van der Waals surface area contributed by atoms with Crippen LogP contribution in [0.5, 0.6) is 5.75 Å². The van der Waals surface area contributed by atoms with Crippen LogP contribution in [0, 0.1) is 12.7 Å². The first-order valence-electron chi connectivity index (χ1n) is 7.31. The molecular formula is C17H14ClFN4O2. The molecular weight excluding hydrogens is 347 g/mol. The smallest absolute Gasteiger partial charge is 0.260 e. The summed E-state index contributed by atoms with van der Waals surface area (Å²) in [6, 6.07) is 7.70. The van der Waals surface area contributed by atoms with Crippen LogP contribution in [0.4, 0.5) is 10.2 Å². The van der Waals surface area contributed by atoms with Crippen LogP contribution >= 0.6 is 11.6 Å². The molecule has 8 heteroatoms. The Morgan fingerprint density at radius 1 is 1.36 bits per heavy atom. The second kappa shape index (κ2) is 6.90. The molecule has 25 heavy (non-hydrogen) atoms. The third kappa shape index (κ3) is 3.46. The zero-order valence-corrected chi connectivity index (χ0v) is 14.2. The lowest BCUT2D eigenvalue weighted by Gasteiger charge is -2.09. The highest BCUT2D eigenvalue weighted by Gasteiger charge is 2.18. The van der Waals surface area contributed by atoms with E-state index >= 15 is 0 Å². The number of aryl methyl sites for hydroxylation is 1. The number of halogens is 2. The number of ether oxygens (including phenoxy) is 1. The van der Waals surface area contributed by atoms with E-state index in [0.717, 1.165) is 6.07 Å². The van der Waals surface area contributed by atoms with Gasteiger partial charge in [-0.1, -0.05) is 11.6 Å². The van der Waals surface area contributed by atoms with E-state index in [1.54, 1.807) is 43.6 Å². The molecule has 0 unspecified atom stereocenters. The average molecular weight is 361 g/mol. The van der Waals surface area contributed by atoms with Crippen molar-refractivity contribution in [2.45, 2.75) is 6.92 Å². The molecule has 2 aromatic heterocycles. The van der Waals surface area contributed by atoms with Gasteiger partial charge < -0.3 is 10.1 Å². The fraction of sp³-hybridized carbons (Fsp3) is 0.118. The molecule has 0 aliphatic heterocycles. The Bertz CT molecular complexity index is 919. The summed E-state index contributed by atoms with van der Waals surface area (Å²) in [6.07, 6.45) is 3.18. The quantitative estimate of drug-likeness (QED) is 0.771. The van der Waals surface area contributed by atoms with Crippen molar-refractivity contribution < 1.29 is 13.9 Å². The van der Waals surface area contributed by atoms with E-state index in [9.17, 15) is 9.18 Å². The van der Waals surface area contributed by atoms with Gasteiger partial charge in [0.25, 0.3) is 5.91 Å². The van der Waals surface area contributed by atoms with Crippen molar-refractivity contribution >= 4 is 23.3 Å². The van der Waals surface area contributed by atoms with Gasteiger partial charge in [-0.15, -0.1) is 5.10 Å². The standard InChI is InChI=1S/C17H14ClFN4O2/c1-10-8-11(25-2)9-13(19)15(10)17(24)21-14-5-7-23(22-14)16-12(18)4-3-6-20-16/h3-9H,1-2H3,(H,21,22,24). The highest BCUT2D eigenvalue weighted by atomic mass is 35.5. The summed E-state index contributed by atoms with van der Waals surface area (Å²) >= 11 is 6.07. The maximum atomic E-state index is 14.2. The number of anilines is 1. The molecule has 0 aliphatic carbocycles. The Morgan fingerprint density at radius 2 is 2.16 bits per heavy atom. The predicted molar refractivity (Wildman–Crippen MR) is 92.0 cm³/mol. The molecule has 0 saturated carbocycles. The fourth-order valence-electron chi connectivity index (χ4n) is 2.35. The third-order valence-electron chi connectivity index (χ3n) is 3.51. The summed E-state index contributed by atoms with van der Waals surface area (Å²) in [5.74, 6) is -0.241. The van der Waals surface area contributed by atoms with E-state index in [-0.39, 0.29) is 11.4 Å². The minimum absolute atomic E-state index is 0.0637. The van der Waals surface area contributed by atoms with Crippen LogP contribution in [0.3, 0.4) is 0 Å². The first-order chi connectivity index (χ1) is 12.0. The van der Waals surface area contributed by atoms with Crippen LogP contribution in [-0.4, -0.2) is 27.8 Å². The summed E-state index contributed by atoms with van der Waals surface area (Å²) in [7, 11) is 1.43. The highest BCUT2D eigenvalue weighted by molar-refractivity contribution is 6.32. The minimum Gasteiger partial charge on any atom is -0.497 e. The number of hydrogen-bond donors (Lipinski definition) is 1. The van der Waals surface area contributed by atoms with E-state index in [4.69, 9.17) is 16.3 Å². The molecule has 0 bridgehead atoms. The maximum Gasteiger partial charge on any atom is 0.260 e. The lowest BCUT2D eigenvalue weighted by molar-refractivity contribution is 0.102. The van der Waals surface area contributed by atoms with E-state index in [0.29, 0.717) is 22.2 Å². The molecule has 1 amide bonds. The van der Waals surface area contributed by atoms with Gasteiger partial charge in [0, 0.05) is 24.5 Å². The van der Waals surface area contributed by atoms with Crippen molar-refractivity contribution in [3.8, 4) is 11.6 Å². The van der Waals surface area contributed by atoms with Crippen LogP contribution < -0.4 is 10.1 Å². The molecule has 0 atom stereocenters. The van der Waals surface area contributed by atoms with Gasteiger partial charge in [0.15, 0.2) is 11.6 Å². The number of benzene rings is 1. The second-order valence-corrected chi connectivity index (χ2v) is 5.62. The van der Waals surface area contributed by atoms with Crippen molar-refractivity contribution in [1.29, 1.82) is 0 Å². The number of hydrogen-bond acceptors (Lipinski definition) is 4. The highest BCUT2D eigenvalue weighted by Crippen LogP contribution is 2.22. The molecule has 0 fully saturated rings. The summed E-state index contributed by atoms with van der Waals surface area (Å²) < 4.78 is 20.6. The number of carbonyl (C=O) groups excluding carboxylic acids is 1. The first-order valence-corrected chi connectivity index (χ1v) is 7.69. The second-order valence-electron chi connectivity index (χ2n) is 5.21. The molecule has 6 nitrogen and oxygen atoms in total. The fourth-order valence-corrected chi connectivity index (χ4v) is 2.56. The summed E-state index contributed by atoms with van der Waals surface area (Å²) in [5, 5.41) is 7.17. The molecule has 3 aromatic rings. The average Bonchev–Trinajstić information content (AvgIpc) is 3.02. The number of methoxy groups -OCH3 is 1. The Balaban J connectivity index is 1.84. The van der Waals surface area contributed by atoms with Gasteiger partial charge >= 0.3 is 0 Å². The molecule has 2 heterocycles. The van der Waals surface area contributed by atoms with Crippen LogP contribution in [0.15, 0.2) is 42.7 Å². The largest absolute Gasteiger partial charge is 0.497 e. The van der Waals surface area contributed by atoms with E-state index in [1.165, 1.54) is 11.8 Å². The lowest BCUT2D eigenvalue weighted by Crippen LogP contribution is -2.16. The Morgan fingerprint density at radius 3 is 2.84 bits per heavy atom. The van der Waals surface area contributed by atoms with Crippen LogP contribution in [0.1, 0.15) is 15.9 Å². The Labute approximate surface area is 148 Å². The summed E-state index contributed by atoms with van der Waals surface area (Å²) in [5.41, 5.74) is 0.396. The number of amides is 1. The Hall–Kier alpha value is -2.93. The zero-order chi connectivity index (χ0) is 18.0. The number of aromatic nitrogens is 3. The first kappa shape index (κ1) is 16.9. The molecule has 3 rings (SSSR count). The van der Waals surface area contributed by atoms with Gasteiger partial charge in [0.05, 0.1) is 17.7 Å². The van der Waals surface area contributed by atoms with Crippen LogP contribution in [0.2, 0.25) is 5.02 Å². The van der Waals surface area contributed by atoms with E-state index in [2.05, 4.69) is 15.4 Å². The van der Waals surface area contributed by atoms with Crippen molar-refractivity contribution in [3.63, 3.8) is 0 Å². The number of nitrogens with one attached hydrogen (secondary N) is 1. The summed E-state index contributed by atoms with van der Waals surface area (Å²) in [6.45, 7) is 1.63. The van der Waals surface area contributed by atoms with Gasteiger partial charge in [-0.25, -0.2) is 14.1 Å². The zero-order valence-electron chi connectivity index (χ0n) is 13.5. The van der Waals surface area contributed by atoms with Crippen molar-refractivity contribution in [2.75, 3.05) is 12.4 Å². The topological polar surface area (TPSA) is 69.0 Å². The van der Waals surface area contributed by atoms with E-state index < -0.39 is 11.7 Å². The summed E-state index contributed by atoms with van der Waals surface area (Å²) in [4.78, 5) is 16.5. The van der Waals surface area contributed by atoms with Crippen LogP contribution in [0.25, 0.3) is 5.82 Å². The van der Waals surface area contributed by atoms with Crippen molar-refractivity contribution in [2.24, 2.45) is 0 Å². The maximum absolute atomic E-state index is 14.2. The van der Waals surface area contributed by atoms with Gasteiger partial charge in [-0.2, -0.15) is 0 Å². The third-order valence-corrected chi connectivity index (χ3v) is 3.81. The van der Waals surface area contributed by atoms with Crippen molar-refractivity contribution in [1.82, 2.24) is 14.8 Å². The number of nitrogens with zero attached hydrogens (tertiary/aromatic N) is 3. The monoisotopic (exact) mass is 360 g/mol. The normalized spacial score (nSPS) is 10.6.